The summed E-state index contributed by atoms with van der Waals surface area (Å²) in [6.45, 7) is 1.47. The van der Waals surface area contributed by atoms with Crippen LogP contribution in [0.3, 0.4) is 0 Å². The molecule has 0 aromatic carbocycles. The van der Waals surface area contributed by atoms with E-state index in [2.05, 4.69) is 15.9 Å². The molecule has 0 amide bonds. The fraction of sp³-hybridized carbons (Fsp3) is 0.900. The van der Waals surface area contributed by atoms with Gasteiger partial charge in [-0.15, -0.1) is 0 Å². The first-order chi connectivity index (χ1) is 6.66. The molecule has 0 spiro atoms. The minimum absolute atomic E-state index is 0.0256. The van der Waals surface area contributed by atoms with Gasteiger partial charge in [0, 0.05) is 6.92 Å². The summed E-state index contributed by atoms with van der Waals surface area (Å²) in [5, 5.41) is 0. The van der Waals surface area contributed by atoms with E-state index < -0.39 is 0 Å². The van der Waals surface area contributed by atoms with Gasteiger partial charge in [-0.2, -0.15) is 0 Å². The summed E-state index contributed by atoms with van der Waals surface area (Å²) in [5.74, 6) is -0.187. The molecular weight excluding hydrogens is 248 g/mol. The molecule has 1 aliphatic carbocycles. The number of carbonyl (C=O) groups excluding carboxylic acids is 1. The molecule has 14 heavy (non-hydrogen) atoms. The van der Waals surface area contributed by atoms with Crippen LogP contribution in [0.2, 0.25) is 0 Å². The third-order valence-corrected chi connectivity index (χ3v) is 3.92. The molecule has 3 nitrogen and oxygen atoms in total. The summed E-state index contributed by atoms with van der Waals surface area (Å²) in [4.78, 5) is 11.2. The van der Waals surface area contributed by atoms with Gasteiger partial charge in [0.15, 0.2) is 0 Å². The van der Waals surface area contributed by atoms with Crippen molar-refractivity contribution in [3.63, 3.8) is 0 Å². The monoisotopic (exact) mass is 262 g/mol. The van der Waals surface area contributed by atoms with Crippen molar-refractivity contribution >= 4 is 21.9 Å². The second-order valence-electron chi connectivity index (χ2n) is 4.03. The van der Waals surface area contributed by atoms with Crippen molar-refractivity contribution in [1.29, 1.82) is 0 Å². The maximum Gasteiger partial charge on any atom is 0.302 e. The van der Waals surface area contributed by atoms with Crippen molar-refractivity contribution in [2.75, 3.05) is 0 Å². The van der Waals surface area contributed by atoms with E-state index in [1.807, 2.05) is 0 Å². The Bertz CT molecular complexity index is 231. The summed E-state index contributed by atoms with van der Waals surface area (Å²) < 4.78 is 10.7. The van der Waals surface area contributed by atoms with E-state index in [1.165, 1.54) is 6.92 Å². The number of epoxide rings is 1. The third-order valence-electron chi connectivity index (χ3n) is 2.87. The Morgan fingerprint density at radius 2 is 1.93 bits per heavy atom. The minimum Gasteiger partial charge on any atom is -0.461 e. The van der Waals surface area contributed by atoms with E-state index in [0.29, 0.717) is 12.2 Å². The first-order valence-electron chi connectivity index (χ1n) is 5.13. The SMILES string of the molecule is CC(=O)O[C@H]1CC[C@@H]2O[C@@H]2CC[C@@H]1Br. The van der Waals surface area contributed by atoms with E-state index in [0.717, 1.165) is 25.7 Å². The predicted octanol–water partition coefficient (Wildman–Crippen LogP) is 2.02. The number of esters is 1. The molecule has 2 aliphatic rings. The maximum absolute atomic E-state index is 10.9. The van der Waals surface area contributed by atoms with Crippen molar-refractivity contribution in [2.45, 2.75) is 55.7 Å². The molecule has 80 valence electrons. The molecule has 4 heteroatoms. The van der Waals surface area contributed by atoms with Crippen LogP contribution in [0.5, 0.6) is 0 Å². The lowest BCUT2D eigenvalue weighted by Crippen LogP contribution is -2.28. The largest absolute Gasteiger partial charge is 0.461 e. The second kappa shape index (κ2) is 4.19. The van der Waals surface area contributed by atoms with Crippen LogP contribution in [-0.2, 0) is 14.3 Å². The summed E-state index contributed by atoms with van der Waals surface area (Å²) in [6, 6.07) is 0. The Hall–Kier alpha value is -0.0900. The van der Waals surface area contributed by atoms with E-state index in [9.17, 15) is 4.79 Å². The van der Waals surface area contributed by atoms with Crippen LogP contribution in [0.15, 0.2) is 0 Å². The van der Waals surface area contributed by atoms with E-state index >= 15 is 0 Å². The van der Waals surface area contributed by atoms with Gasteiger partial charge >= 0.3 is 5.97 Å². The lowest BCUT2D eigenvalue weighted by molar-refractivity contribution is -0.146. The number of carbonyl (C=O) groups is 1. The number of rotatable bonds is 1. The first-order valence-corrected chi connectivity index (χ1v) is 6.05. The van der Waals surface area contributed by atoms with Gasteiger partial charge in [0.1, 0.15) is 6.10 Å². The topological polar surface area (TPSA) is 38.8 Å². The quantitative estimate of drug-likeness (QED) is 0.413. The first kappa shape index (κ1) is 10.4. The molecule has 0 radical (unpaired) electrons. The van der Waals surface area contributed by atoms with Crippen LogP contribution < -0.4 is 0 Å². The zero-order valence-corrected chi connectivity index (χ0v) is 9.83. The highest BCUT2D eigenvalue weighted by atomic mass is 79.9. The molecule has 0 aromatic rings. The zero-order valence-electron chi connectivity index (χ0n) is 8.24. The minimum atomic E-state index is -0.187. The Labute approximate surface area is 92.3 Å². The highest BCUT2D eigenvalue weighted by Crippen LogP contribution is 2.36. The third kappa shape index (κ3) is 2.48. The fourth-order valence-corrected chi connectivity index (χ4v) is 2.69. The van der Waals surface area contributed by atoms with Crippen LogP contribution >= 0.6 is 15.9 Å². The Balaban J connectivity index is 1.89. The second-order valence-corrected chi connectivity index (χ2v) is 5.21. The summed E-state index contributed by atoms with van der Waals surface area (Å²) >= 11 is 3.58. The average Bonchev–Trinajstić information content (AvgIpc) is 2.84. The van der Waals surface area contributed by atoms with Crippen molar-refractivity contribution in [3.8, 4) is 0 Å². The van der Waals surface area contributed by atoms with Gasteiger partial charge in [-0.1, -0.05) is 15.9 Å². The van der Waals surface area contributed by atoms with Gasteiger partial charge in [-0.25, -0.2) is 0 Å². The number of hydrogen-bond acceptors (Lipinski definition) is 3. The van der Waals surface area contributed by atoms with Crippen LogP contribution in [0.1, 0.15) is 32.6 Å². The van der Waals surface area contributed by atoms with Gasteiger partial charge in [-0.3, -0.25) is 4.79 Å². The van der Waals surface area contributed by atoms with E-state index in [-0.39, 0.29) is 16.9 Å². The molecule has 1 heterocycles. The molecule has 1 saturated carbocycles. The number of alkyl halides is 1. The zero-order chi connectivity index (χ0) is 10.1. The van der Waals surface area contributed by atoms with Crippen molar-refractivity contribution in [3.05, 3.63) is 0 Å². The molecule has 1 saturated heterocycles. The molecule has 0 unspecified atom stereocenters. The van der Waals surface area contributed by atoms with Gasteiger partial charge < -0.3 is 9.47 Å². The number of halogens is 1. The molecule has 0 aromatic heterocycles. The highest BCUT2D eigenvalue weighted by Gasteiger charge is 2.41. The van der Waals surface area contributed by atoms with Gasteiger partial charge in [0.2, 0.25) is 0 Å². The van der Waals surface area contributed by atoms with Crippen LogP contribution in [0, 0.1) is 0 Å². The van der Waals surface area contributed by atoms with Crippen molar-refractivity contribution < 1.29 is 14.3 Å². The molecule has 2 rings (SSSR count). The van der Waals surface area contributed by atoms with Crippen LogP contribution in [-0.4, -0.2) is 29.1 Å². The smallest absolute Gasteiger partial charge is 0.302 e. The van der Waals surface area contributed by atoms with E-state index in [4.69, 9.17) is 9.47 Å². The Morgan fingerprint density at radius 1 is 1.29 bits per heavy atom. The Morgan fingerprint density at radius 3 is 2.57 bits per heavy atom. The van der Waals surface area contributed by atoms with Gasteiger partial charge in [-0.05, 0) is 25.7 Å². The maximum atomic E-state index is 10.9. The average molecular weight is 263 g/mol. The molecule has 1 aliphatic heterocycles. The van der Waals surface area contributed by atoms with Gasteiger partial charge in [0.05, 0.1) is 17.0 Å². The molecule has 0 N–H and O–H groups in total. The molecule has 2 fully saturated rings. The number of hydrogen-bond donors (Lipinski definition) is 0. The summed E-state index contributed by atoms with van der Waals surface area (Å²) in [5.41, 5.74) is 0. The molecule has 0 bridgehead atoms. The van der Waals surface area contributed by atoms with Crippen molar-refractivity contribution in [2.24, 2.45) is 0 Å². The fourth-order valence-electron chi connectivity index (χ4n) is 2.05. The van der Waals surface area contributed by atoms with Crippen molar-refractivity contribution in [1.82, 2.24) is 0 Å². The summed E-state index contributed by atoms with van der Waals surface area (Å²) in [6.07, 6.45) is 4.98. The number of fused-ring (bicyclic) bond motifs is 1. The summed E-state index contributed by atoms with van der Waals surface area (Å²) in [7, 11) is 0. The normalized spacial score (nSPS) is 41.9. The molecule has 4 atom stereocenters. The predicted molar refractivity (Wildman–Crippen MR) is 55.4 cm³/mol. The standard InChI is InChI=1S/C10H15BrO3/c1-6(12)13-8-4-5-10-9(14-10)3-2-7(8)11/h7-10H,2-5H2,1H3/t7-,8-,9+,10-/m0/s1. The van der Waals surface area contributed by atoms with Gasteiger partial charge in [0.25, 0.3) is 0 Å². The van der Waals surface area contributed by atoms with Crippen LogP contribution in [0.4, 0.5) is 0 Å². The highest BCUT2D eigenvalue weighted by molar-refractivity contribution is 9.09. The van der Waals surface area contributed by atoms with Crippen LogP contribution in [0.25, 0.3) is 0 Å². The lowest BCUT2D eigenvalue weighted by Gasteiger charge is -2.23. The lowest BCUT2D eigenvalue weighted by atomic mass is 9.98. The number of ether oxygens (including phenoxy) is 2. The van der Waals surface area contributed by atoms with E-state index in [1.54, 1.807) is 0 Å². The Kier molecular flexibility index (Phi) is 3.12. The molecular formula is C10H15BrO3.